The maximum Gasteiger partial charge on any atom is 0.339 e. The van der Waals surface area contributed by atoms with Crippen molar-refractivity contribution < 1.29 is 9.53 Å². The molecule has 1 aromatic carbocycles. The van der Waals surface area contributed by atoms with Crippen LogP contribution in [0.1, 0.15) is 29.3 Å². The summed E-state index contributed by atoms with van der Waals surface area (Å²) in [4.78, 5) is 12.7. The monoisotopic (exact) mass is 256 g/mol. The number of halogens is 1. The molecule has 0 atom stereocenters. The third kappa shape index (κ3) is 2.20. The molecular weight excluding hydrogens is 244 g/mol. The predicted molar refractivity (Wildman–Crippen MR) is 66.5 cm³/mol. The van der Waals surface area contributed by atoms with Crippen molar-refractivity contribution >= 4 is 29.3 Å². The number of thioether (sulfide) groups is 1. The lowest BCUT2D eigenvalue weighted by Crippen LogP contribution is -2.19. The number of carbonyl (C=O) groups excluding carboxylic acids is 1. The fourth-order valence-corrected chi connectivity index (χ4v) is 2.91. The summed E-state index contributed by atoms with van der Waals surface area (Å²) in [6, 6.07) is 3.78. The fraction of sp³-hybridized carbons (Fsp3) is 0.417. The van der Waals surface area contributed by atoms with Crippen molar-refractivity contribution in [2.75, 3.05) is 12.4 Å². The Labute approximate surface area is 104 Å². The van der Waals surface area contributed by atoms with Gasteiger partial charge in [0.1, 0.15) is 0 Å². The topological polar surface area (TPSA) is 26.3 Å². The lowest BCUT2D eigenvalue weighted by atomic mass is 10.0. The SMILES string of the molecule is CCCSc1ccc(Cl)c2c1C(=O)OCC2. The maximum absolute atomic E-state index is 11.7. The second kappa shape index (κ2) is 5.11. The van der Waals surface area contributed by atoms with E-state index in [-0.39, 0.29) is 5.97 Å². The molecule has 1 aromatic rings. The first-order valence-corrected chi connectivity index (χ1v) is 6.71. The highest BCUT2D eigenvalue weighted by molar-refractivity contribution is 7.99. The zero-order valence-electron chi connectivity index (χ0n) is 9.09. The van der Waals surface area contributed by atoms with E-state index in [0.29, 0.717) is 17.2 Å². The third-order valence-corrected chi connectivity index (χ3v) is 4.09. The van der Waals surface area contributed by atoms with Gasteiger partial charge in [-0.15, -0.1) is 11.8 Å². The lowest BCUT2D eigenvalue weighted by molar-refractivity contribution is 0.0475. The van der Waals surface area contributed by atoms with E-state index in [9.17, 15) is 4.79 Å². The minimum absolute atomic E-state index is 0.234. The molecule has 86 valence electrons. The molecule has 0 saturated heterocycles. The standard InChI is InChI=1S/C12H13ClO2S/c1-2-7-16-10-4-3-9(13)8-5-6-15-12(14)11(8)10/h3-4H,2,5-7H2,1H3. The summed E-state index contributed by atoms with van der Waals surface area (Å²) in [5.74, 6) is 0.767. The normalized spacial score (nSPS) is 14.5. The maximum atomic E-state index is 11.7. The summed E-state index contributed by atoms with van der Waals surface area (Å²) >= 11 is 7.78. The quantitative estimate of drug-likeness (QED) is 0.611. The minimum atomic E-state index is -0.234. The minimum Gasteiger partial charge on any atom is -0.462 e. The number of hydrogen-bond acceptors (Lipinski definition) is 3. The van der Waals surface area contributed by atoms with Gasteiger partial charge in [-0.05, 0) is 29.9 Å². The number of hydrogen-bond donors (Lipinski definition) is 0. The van der Waals surface area contributed by atoms with Gasteiger partial charge in [0.15, 0.2) is 0 Å². The Morgan fingerprint density at radius 2 is 2.31 bits per heavy atom. The highest BCUT2D eigenvalue weighted by Crippen LogP contribution is 2.33. The van der Waals surface area contributed by atoms with Crippen LogP contribution in [0.15, 0.2) is 17.0 Å². The summed E-state index contributed by atoms with van der Waals surface area (Å²) < 4.78 is 5.07. The molecule has 0 bridgehead atoms. The van der Waals surface area contributed by atoms with Crippen molar-refractivity contribution in [3.63, 3.8) is 0 Å². The first-order valence-electron chi connectivity index (χ1n) is 5.35. The number of benzene rings is 1. The highest BCUT2D eigenvalue weighted by atomic mass is 35.5. The van der Waals surface area contributed by atoms with Crippen LogP contribution in [-0.4, -0.2) is 18.3 Å². The van der Waals surface area contributed by atoms with E-state index in [1.54, 1.807) is 11.8 Å². The van der Waals surface area contributed by atoms with E-state index < -0.39 is 0 Å². The largest absolute Gasteiger partial charge is 0.462 e. The fourth-order valence-electron chi connectivity index (χ4n) is 1.72. The van der Waals surface area contributed by atoms with Crippen molar-refractivity contribution in [1.29, 1.82) is 0 Å². The van der Waals surface area contributed by atoms with Crippen molar-refractivity contribution in [2.45, 2.75) is 24.7 Å². The number of carbonyl (C=O) groups is 1. The lowest BCUT2D eigenvalue weighted by Gasteiger charge is -2.19. The molecule has 0 aromatic heterocycles. The van der Waals surface area contributed by atoms with Crippen LogP contribution in [0.5, 0.6) is 0 Å². The Kier molecular flexibility index (Phi) is 3.77. The molecule has 1 aliphatic rings. The van der Waals surface area contributed by atoms with Gasteiger partial charge in [-0.2, -0.15) is 0 Å². The molecular formula is C12H13ClO2S. The van der Waals surface area contributed by atoms with Crippen LogP contribution in [0.25, 0.3) is 0 Å². The first kappa shape index (κ1) is 11.8. The summed E-state index contributed by atoms with van der Waals surface area (Å²) in [5, 5.41) is 0.674. The van der Waals surface area contributed by atoms with Gasteiger partial charge < -0.3 is 4.74 Å². The van der Waals surface area contributed by atoms with Gasteiger partial charge in [0.05, 0.1) is 12.2 Å². The molecule has 2 rings (SSSR count). The molecule has 0 saturated carbocycles. The molecule has 0 amide bonds. The average molecular weight is 257 g/mol. The second-order valence-corrected chi connectivity index (χ2v) is 5.18. The van der Waals surface area contributed by atoms with Gasteiger partial charge in [0.2, 0.25) is 0 Å². The van der Waals surface area contributed by atoms with E-state index in [2.05, 4.69) is 6.92 Å². The number of cyclic esters (lactones) is 1. The second-order valence-electron chi connectivity index (χ2n) is 3.63. The van der Waals surface area contributed by atoms with Gasteiger partial charge in [0.25, 0.3) is 0 Å². The van der Waals surface area contributed by atoms with Gasteiger partial charge in [0, 0.05) is 16.3 Å². The van der Waals surface area contributed by atoms with E-state index in [0.717, 1.165) is 29.1 Å². The van der Waals surface area contributed by atoms with Crippen LogP contribution >= 0.6 is 23.4 Å². The Hall–Kier alpha value is -0.670. The predicted octanol–water partition coefficient (Wildman–Crippen LogP) is 3.56. The summed E-state index contributed by atoms with van der Waals surface area (Å²) in [6.45, 7) is 2.56. The van der Waals surface area contributed by atoms with Gasteiger partial charge in [-0.25, -0.2) is 4.79 Å². The molecule has 0 radical (unpaired) electrons. The van der Waals surface area contributed by atoms with Gasteiger partial charge in [-0.3, -0.25) is 0 Å². The van der Waals surface area contributed by atoms with E-state index in [4.69, 9.17) is 16.3 Å². The zero-order valence-corrected chi connectivity index (χ0v) is 10.7. The van der Waals surface area contributed by atoms with Crippen LogP contribution in [0, 0.1) is 0 Å². The molecule has 0 unspecified atom stereocenters. The number of ether oxygens (including phenoxy) is 1. The smallest absolute Gasteiger partial charge is 0.339 e. The van der Waals surface area contributed by atoms with Crippen LogP contribution < -0.4 is 0 Å². The van der Waals surface area contributed by atoms with Crippen molar-refractivity contribution in [1.82, 2.24) is 0 Å². The van der Waals surface area contributed by atoms with E-state index in [1.165, 1.54) is 0 Å². The number of fused-ring (bicyclic) bond motifs is 1. The van der Waals surface area contributed by atoms with Crippen LogP contribution in [0.4, 0.5) is 0 Å². The van der Waals surface area contributed by atoms with Crippen molar-refractivity contribution in [2.24, 2.45) is 0 Å². The van der Waals surface area contributed by atoms with Gasteiger partial charge >= 0.3 is 5.97 Å². The molecule has 1 aliphatic heterocycles. The Bertz CT molecular complexity index is 418. The summed E-state index contributed by atoms with van der Waals surface area (Å²) in [7, 11) is 0. The Morgan fingerprint density at radius 1 is 1.50 bits per heavy atom. The summed E-state index contributed by atoms with van der Waals surface area (Å²) in [6.07, 6.45) is 1.80. The van der Waals surface area contributed by atoms with E-state index >= 15 is 0 Å². The molecule has 4 heteroatoms. The molecule has 0 aliphatic carbocycles. The molecule has 0 fully saturated rings. The summed E-state index contributed by atoms with van der Waals surface area (Å²) in [5.41, 5.74) is 1.62. The molecule has 16 heavy (non-hydrogen) atoms. The first-order chi connectivity index (χ1) is 7.74. The average Bonchev–Trinajstić information content (AvgIpc) is 2.29. The molecule has 1 heterocycles. The van der Waals surface area contributed by atoms with Crippen LogP contribution in [0.2, 0.25) is 5.02 Å². The Balaban J connectivity index is 2.42. The van der Waals surface area contributed by atoms with Crippen molar-refractivity contribution in [3.8, 4) is 0 Å². The molecule has 2 nitrogen and oxygen atoms in total. The number of esters is 1. The van der Waals surface area contributed by atoms with E-state index in [1.807, 2.05) is 12.1 Å². The zero-order chi connectivity index (χ0) is 11.5. The van der Waals surface area contributed by atoms with Crippen LogP contribution in [-0.2, 0) is 11.2 Å². The van der Waals surface area contributed by atoms with Crippen molar-refractivity contribution in [3.05, 3.63) is 28.3 Å². The molecule has 0 N–H and O–H groups in total. The molecule has 0 spiro atoms. The highest BCUT2D eigenvalue weighted by Gasteiger charge is 2.24. The third-order valence-electron chi connectivity index (χ3n) is 2.47. The Morgan fingerprint density at radius 3 is 3.06 bits per heavy atom. The van der Waals surface area contributed by atoms with Crippen LogP contribution in [0.3, 0.4) is 0 Å². The number of rotatable bonds is 3. The van der Waals surface area contributed by atoms with Gasteiger partial charge in [-0.1, -0.05) is 18.5 Å².